The normalized spacial score (nSPS) is 13.9. The maximum atomic E-state index is 2.41. The molecule has 0 radical (unpaired) electrons. The summed E-state index contributed by atoms with van der Waals surface area (Å²) in [5.74, 6) is 0.667. The van der Waals surface area contributed by atoms with Crippen molar-refractivity contribution in [2.24, 2.45) is 0 Å². The highest BCUT2D eigenvalue weighted by Gasteiger charge is 2.19. The Hall–Kier alpha value is -0.780. The molecule has 1 rings (SSSR count). The van der Waals surface area contributed by atoms with Crippen molar-refractivity contribution < 1.29 is 0 Å². The van der Waals surface area contributed by atoms with Gasteiger partial charge < -0.3 is 0 Å². The van der Waals surface area contributed by atoms with Gasteiger partial charge in [-0.3, -0.25) is 0 Å². The minimum absolute atomic E-state index is 0.248. The van der Waals surface area contributed by atoms with Crippen molar-refractivity contribution >= 4 is 0 Å². The molecule has 16 heavy (non-hydrogen) atoms. The Kier molecular flexibility index (Phi) is 3.83. The van der Waals surface area contributed by atoms with Crippen molar-refractivity contribution in [3.8, 4) is 0 Å². The van der Waals surface area contributed by atoms with Crippen molar-refractivity contribution in [1.29, 1.82) is 0 Å². The summed E-state index contributed by atoms with van der Waals surface area (Å²) < 4.78 is 0. The van der Waals surface area contributed by atoms with Crippen molar-refractivity contribution in [3.05, 3.63) is 34.4 Å². The maximum Gasteiger partial charge on any atom is -0.0129 e. The van der Waals surface area contributed by atoms with Crippen LogP contribution in [0.2, 0.25) is 0 Å². The number of aryl methyl sites for hydroxylation is 1. The lowest BCUT2D eigenvalue weighted by Gasteiger charge is -2.25. The van der Waals surface area contributed by atoms with Gasteiger partial charge in [-0.2, -0.15) is 0 Å². The SMILES string of the molecule is CCC(C)c1cc(C)c(C)c(C(C)(C)C)c1. The molecule has 1 unspecified atom stereocenters. The van der Waals surface area contributed by atoms with Crippen LogP contribution in [-0.2, 0) is 5.41 Å². The van der Waals surface area contributed by atoms with Gasteiger partial charge in [-0.1, -0.05) is 46.8 Å². The zero-order valence-electron chi connectivity index (χ0n) is 11.9. The maximum absolute atomic E-state index is 2.41. The number of hydrogen-bond donors (Lipinski definition) is 0. The van der Waals surface area contributed by atoms with Crippen molar-refractivity contribution in [1.82, 2.24) is 0 Å². The summed E-state index contributed by atoms with van der Waals surface area (Å²) in [7, 11) is 0. The number of rotatable bonds is 2. The predicted octanol–water partition coefficient (Wildman–Crippen LogP) is 5.11. The first-order valence-electron chi connectivity index (χ1n) is 6.39. The minimum Gasteiger partial charge on any atom is -0.0648 e. The van der Waals surface area contributed by atoms with E-state index in [1.165, 1.54) is 28.7 Å². The van der Waals surface area contributed by atoms with Gasteiger partial charge in [0.1, 0.15) is 0 Å². The summed E-state index contributed by atoms with van der Waals surface area (Å²) in [6.07, 6.45) is 1.21. The highest BCUT2D eigenvalue weighted by molar-refractivity contribution is 5.42. The second-order valence-corrected chi connectivity index (χ2v) is 6.07. The summed E-state index contributed by atoms with van der Waals surface area (Å²) >= 11 is 0. The molecule has 1 aromatic carbocycles. The first kappa shape index (κ1) is 13.3. The Bertz CT molecular complexity index is 366. The Morgan fingerprint density at radius 3 is 2.12 bits per heavy atom. The average Bonchev–Trinajstić information content (AvgIpc) is 2.18. The van der Waals surface area contributed by atoms with E-state index in [1.807, 2.05) is 0 Å². The third-order valence-corrected chi connectivity index (χ3v) is 3.68. The van der Waals surface area contributed by atoms with Gasteiger partial charge in [0, 0.05) is 0 Å². The molecule has 0 bridgehead atoms. The Morgan fingerprint density at radius 2 is 1.69 bits per heavy atom. The van der Waals surface area contributed by atoms with Gasteiger partial charge in [-0.25, -0.2) is 0 Å². The van der Waals surface area contributed by atoms with Gasteiger partial charge >= 0.3 is 0 Å². The van der Waals surface area contributed by atoms with E-state index in [4.69, 9.17) is 0 Å². The molecular weight excluding hydrogens is 192 g/mol. The van der Waals surface area contributed by atoms with Crippen LogP contribution in [0.4, 0.5) is 0 Å². The highest BCUT2D eigenvalue weighted by atomic mass is 14.2. The van der Waals surface area contributed by atoms with Gasteiger partial charge in [-0.15, -0.1) is 0 Å². The van der Waals surface area contributed by atoms with Crippen LogP contribution in [0, 0.1) is 13.8 Å². The van der Waals surface area contributed by atoms with E-state index in [0.717, 1.165) is 0 Å². The fourth-order valence-electron chi connectivity index (χ4n) is 2.19. The molecule has 0 aliphatic carbocycles. The fraction of sp³-hybridized carbons (Fsp3) is 0.625. The molecule has 0 saturated heterocycles. The van der Waals surface area contributed by atoms with Crippen LogP contribution in [0.3, 0.4) is 0 Å². The summed E-state index contributed by atoms with van der Waals surface area (Å²) in [6.45, 7) is 16.0. The van der Waals surface area contributed by atoms with Gasteiger partial charge in [0.15, 0.2) is 0 Å². The summed E-state index contributed by atoms with van der Waals surface area (Å²) in [5.41, 5.74) is 6.14. The van der Waals surface area contributed by atoms with E-state index in [9.17, 15) is 0 Å². The lowest BCUT2D eigenvalue weighted by atomic mass is 9.80. The Labute approximate surface area is 101 Å². The first-order chi connectivity index (χ1) is 7.27. The third-order valence-electron chi connectivity index (χ3n) is 3.68. The molecule has 0 aliphatic rings. The molecule has 0 aliphatic heterocycles. The topological polar surface area (TPSA) is 0 Å². The summed E-state index contributed by atoms with van der Waals surface area (Å²) in [6, 6.07) is 4.77. The van der Waals surface area contributed by atoms with Crippen LogP contribution in [-0.4, -0.2) is 0 Å². The van der Waals surface area contributed by atoms with E-state index < -0.39 is 0 Å². The summed E-state index contributed by atoms with van der Waals surface area (Å²) in [4.78, 5) is 0. The molecule has 0 fully saturated rings. The van der Waals surface area contributed by atoms with Crippen molar-refractivity contribution in [2.45, 2.75) is 66.2 Å². The molecule has 1 aromatic rings. The molecule has 0 amide bonds. The van der Waals surface area contributed by atoms with Crippen molar-refractivity contribution in [2.75, 3.05) is 0 Å². The zero-order chi connectivity index (χ0) is 12.5. The Morgan fingerprint density at radius 1 is 1.12 bits per heavy atom. The Balaban J connectivity index is 3.33. The second kappa shape index (κ2) is 4.61. The molecule has 1 atom stereocenters. The van der Waals surface area contributed by atoms with E-state index in [2.05, 4.69) is 60.6 Å². The lowest BCUT2D eigenvalue weighted by Crippen LogP contribution is -2.15. The van der Waals surface area contributed by atoms with Crippen LogP contribution in [0.1, 0.15) is 69.2 Å². The van der Waals surface area contributed by atoms with Gasteiger partial charge in [-0.05, 0) is 53.9 Å². The predicted molar refractivity (Wildman–Crippen MR) is 73.3 cm³/mol. The van der Waals surface area contributed by atoms with Crippen molar-refractivity contribution in [3.63, 3.8) is 0 Å². The number of benzene rings is 1. The smallest absolute Gasteiger partial charge is 0.0129 e. The van der Waals surface area contributed by atoms with Gasteiger partial charge in [0.05, 0.1) is 0 Å². The first-order valence-corrected chi connectivity index (χ1v) is 6.39. The zero-order valence-corrected chi connectivity index (χ0v) is 11.9. The molecular formula is C16H26. The molecule has 0 aromatic heterocycles. The molecule has 0 heteroatoms. The van der Waals surface area contributed by atoms with Crippen LogP contribution in [0.5, 0.6) is 0 Å². The highest BCUT2D eigenvalue weighted by Crippen LogP contribution is 2.31. The monoisotopic (exact) mass is 218 g/mol. The van der Waals surface area contributed by atoms with E-state index in [1.54, 1.807) is 0 Å². The van der Waals surface area contributed by atoms with Crippen LogP contribution in [0.15, 0.2) is 12.1 Å². The summed E-state index contributed by atoms with van der Waals surface area (Å²) in [5, 5.41) is 0. The van der Waals surface area contributed by atoms with Gasteiger partial charge in [0.2, 0.25) is 0 Å². The average molecular weight is 218 g/mol. The second-order valence-electron chi connectivity index (χ2n) is 6.07. The largest absolute Gasteiger partial charge is 0.0648 e. The van der Waals surface area contributed by atoms with E-state index in [-0.39, 0.29) is 5.41 Å². The van der Waals surface area contributed by atoms with E-state index in [0.29, 0.717) is 5.92 Å². The molecule has 0 nitrogen and oxygen atoms in total. The standard InChI is InChI=1S/C16H26/c1-8-11(2)14-9-12(3)13(4)15(10-14)16(5,6)7/h9-11H,8H2,1-7H3. The number of hydrogen-bond acceptors (Lipinski definition) is 0. The lowest BCUT2D eigenvalue weighted by molar-refractivity contribution is 0.582. The molecule has 90 valence electrons. The molecule has 0 N–H and O–H groups in total. The minimum atomic E-state index is 0.248. The van der Waals surface area contributed by atoms with E-state index >= 15 is 0 Å². The van der Waals surface area contributed by atoms with Crippen LogP contribution in [0.25, 0.3) is 0 Å². The third kappa shape index (κ3) is 2.66. The van der Waals surface area contributed by atoms with Crippen LogP contribution < -0.4 is 0 Å². The quantitative estimate of drug-likeness (QED) is 0.646. The molecule has 0 heterocycles. The van der Waals surface area contributed by atoms with Crippen LogP contribution >= 0.6 is 0 Å². The fourth-order valence-corrected chi connectivity index (χ4v) is 2.19. The molecule has 0 spiro atoms. The molecule has 0 saturated carbocycles. The van der Waals surface area contributed by atoms with Gasteiger partial charge in [0.25, 0.3) is 0 Å².